The molecule has 0 fully saturated rings. The standard InChI is InChI=1S/C28H42N2O2/c1-5-7-9-11-13-23(4)32-27(31)19-22(3)25-15-17-26(18-16-25)28-29-20-24(21-30-28)14-12-10-8-6-2/h15-18,20-23H,5-14,19H2,1-4H3. The molecule has 0 bridgehead atoms. The zero-order valence-electron chi connectivity index (χ0n) is 20.6. The second-order valence-corrected chi connectivity index (χ2v) is 9.10. The molecule has 0 saturated carbocycles. The molecule has 2 rings (SSSR count). The Bertz CT molecular complexity index is 771. The van der Waals surface area contributed by atoms with E-state index in [2.05, 4.69) is 42.9 Å². The van der Waals surface area contributed by atoms with Crippen molar-refractivity contribution in [2.45, 2.75) is 110 Å². The molecule has 2 atom stereocenters. The van der Waals surface area contributed by atoms with E-state index < -0.39 is 0 Å². The lowest BCUT2D eigenvalue weighted by Crippen LogP contribution is -2.16. The first-order valence-corrected chi connectivity index (χ1v) is 12.6. The van der Waals surface area contributed by atoms with E-state index in [9.17, 15) is 4.79 Å². The average molecular weight is 439 g/mol. The fourth-order valence-electron chi connectivity index (χ4n) is 3.91. The van der Waals surface area contributed by atoms with Crippen LogP contribution in [0.3, 0.4) is 0 Å². The highest BCUT2D eigenvalue weighted by Crippen LogP contribution is 2.23. The van der Waals surface area contributed by atoms with Gasteiger partial charge in [-0.05, 0) is 49.7 Å². The quantitative estimate of drug-likeness (QED) is 0.211. The minimum atomic E-state index is -0.109. The first-order chi connectivity index (χ1) is 15.5. The lowest BCUT2D eigenvalue weighted by Gasteiger charge is -2.16. The maximum absolute atomic E-state index is 12.3. The third kappa shape index (κ3) is 9.50. The predicted octanol–water partition coefficient (Wildman–Crippen LogP) is 7.66. The van der Waals surface area contributed by atoms with E-state index in [1.165, 1.54) is 50.5 Å². The van der Waals surface area contributed by atoms with Crippen molar-refractivity contribution in [1.82, 2.24) is 9.97 Å². The van der Waals surface area contributed by atoms with Gasteiger partial charge in [0.05, 0.1) is 12.5 Å². The van der Waals surface area contributed by atoms with Crippen molar-refractivity contribution in [2.75, 3.05) is 0 Å². The topological polar surface area (TPSA) is 52.1 Å². The van der Waals surface area contributed by atoms with E-state index in [4.69, 9.17) is 4.74 Å². The number of ether oxygens (including phenoxy) is 1. The number of rotatable bonds is 15. The molecule has 176 valence electrons. The maximum atomic E-state index is 12.3. The van der Waals surface area contributed by atoms with Crippen LogP contribution in [0.5, 0.6) is 0 Å². The van der Waals surface area contributed by atoms with Crippen molar-refractivity contribution in [3.8, 4) is 11.4 Å². The number of hydrogen-bond donors (Lipinski definition) is 0. The Morgan fingerprint density at radius 3 is 2.12 bits per heavy atom. The SMILES string of the molecule is CCCCCCc1cnc(-c2ccc(C(C)CC(=O)OC(C)CCCCCC)cc2)nc1. The number of aromatic nitrogens is 2. The van der Waals surface area contributed by atoms with Crippen LogP contribution in [-0.2, 0) is 16.0 Å². The van der Waals surface area contributed by atoms with Crippen LogP contribution < -0.4 is 0 Å². The molecule has 0 spiro atoms. The smallest absolute Gasteiger partial charge is 0.306 e. The third-order valence-corrected chi connectivity index (χ3v) is 6.03. The zero-order valence-corrected chi connectivity index (χ0v) is 20.6. The van der Waals surface area contributed by atoms with E-state index in [0.717, 1.165) is 36.2 Å². The summed E-state index contributed by atoms with van der Waals surface area (Å²) in [5.74, 6) is 0.760. The molecule has 32 heavy (non-hydrogen) atoms. The summed E-state index contributed by atoms with van der Waals surface area (Å²) in [7, 11) is 0. The Morgan fingerprint density at radius 1 is 0.875 bits per heavy atom. The third-order valence-electron chi connectivity index (χ3n) is 6.03. The summed E-state index contributed by atoms with van der Waals surface area (Å²) in [4.78, 5) is 21.4. The molecule has 0 radical (unpaired) electrons. The van der Waals surface area contributed by atoms with Crippen molar-refractivity contribution in [1.29, 1.82) is 0 Å². The van der Waals surface area contributed by atoms with Crippen LogP contribution in [0, 0.1) is 0 Å². The van der Waals surface area contributed by atoms with Gasteiger partial charge in [-0.1, -0.05) is 83.6 Å². The van der Waals surface area contributed by atoms with E-state index in [1.54, 1.807) is 0 Å². The van der Waals surface area contributed by atoms with E-state index >= 15 is 0 Å². The van der Waals surface area contributed by atoms with E-state index in [1.807, 2.05) is 31.5 Å². The van der Waals surface area contributed by atoms with Crippen molar-refractivity contribution in [3.05, 3.63) is 47.8 Å². The van der Waals surface area contributed by atoms with E-state index in [0.29, 0.717) is 6.42 Å². The van der Waals surface area contributed by atoms with Crippen LogP contribution in [-0.4, -0.2) is 22.0 Å². The second kappa shape index (κ2) is 14.8. The molecule has 1 aromatic heterocycles. The number of aryl methyl sites for hydroxylation is 1. The summed E-state index contributed by atoms with van der Waals surface area (Å²) in [5, 5.41) is 0. The van der Waals surface area contributed by atoms with Gasteiger partial charge in [0.25, 0.3) is 0 Å². The highest BCUT2D eigenvalue weighted by atomic mass is 16.5. The van der Waals surface area contributed by atoms with Gasteiger partial charge in [-0.25, -0.2) is 9.97 Å². The van der Waals surface area contributed by atoms with Gasteiger partial charge in [0.2, 0.25) is 0 Å². The number of carbonyl (C=O) groups excluding carboxylic acids is 1. The van der Waals surface area contributed by atoms with Gasteiger partial charge in [-0.2, -0.15) is 0 Å². The van der Waals surface area contributed by atoms with Gasteiger partial charge < -0.3 is 4.74 Å². The zero-order chi connectivity index (χ0) is 23.2. The Balaban J connectivity index is 1.81. The molecule has 0 aliphatic rings. The van der Waals surface area contributed by atoms with Gasteiger partial charge in [0, 0.05) is 18.0 Å². The lowest BCUT2D eigenvalue weighted by molar-refractivity contribution is -0.148. The van der Waals surface area contributed by atoms with Crippen LogP contribution in [0.2, 0.25) is 0 Å². The molecule has 0 amide bonds. The number of hydrogen-bond acceptors (Lipinski definition) is 4. The molecule has 1 aromatic carbocycles. The monoisotopic (exact) mass is 438 g/mol. The summed E-state index contributed by atoms with van der Waals surface area (Å²) in [6.45, 7) is 8.51. The fraction of sp³-hybridized carbons (Fsp3) is 0.607. The first-order valence-electron chi connectivity index (χ1n) is 12.6. The Labute approximate surface area is 195 Å². The molecule has 0 N–H and O–H groups in total. The van der Waals surface area contributed by atoms with Crippen LogP contribution in [0.15, 0.2) is 36.7 Å². The minimum absolute atomic E-state index is 0.000646. The van der Waals surface area contributed by atoms with Crippen LogP contribution in [0.1, 0.15) is 109 Å². The van der Waals surface area contributed by atoms with Gasteiger partial charge in [0.15, 0.2) is 5.82 Å². The van der Waals surface area contributed by atoms with Crippen molar-refractivity contribution < 1.29 is 9.53 Å². The van der Waals surface area contributed by atoms with Gasteiger partial charge >= 0.3 is 5.97 Å². The van der Waals surface area contributed by atoms with Crippen LogP contribution >= 0.6 is 0 Å². The number of unbranched alkanes of at least 4 members (excludes halogenated alkanes) is 6. The van der Waals surface area contributed by atoms with Crippen molar-refractivity contribution in [2.24, 2.45) is 0 Å². The molecule has 2 aromatic rings. The van der Waals surface area contributed by atoms with Crippen molar-refractivity contribution >= 4 is 5.97 Å². The number of benzene rings is 1. The Kier molecular flexibility index (Phi) is 12.0. The summed E-state index contributed by atoms with van der Waals surface area (Å²) in [6, 6.07) is 8.24. The van der Waals surface area contributed by atoms with Crippen molar-refractivity contribution in [3.63, 3.8) is 0 Å². The fourth-order valence-corrected chi connectivity index (χ4v) is 3.91. The largest absolute Gasteiger partial charge is 0.463 e. The number of esters is 1. The Morgan fingerprint density at radius 2 is 1.50 bits per heavy atom. The highest BCUT2D eigenvalue weighted by molar-refractivity contribution is 5.70. The van der Waals surface area contributed by atoms with Gasteiger partial charge in [0.1, 0.15) is 0 Å². The molecule has 0 saturated heterocycles. The maximum Gasteiger partial charge on any atom is 0.306 e. The van der Waals surface area contributed by atoms with Gasteiger partial charge in [-0.15, -0.1) is 0 Å². The normalized spacial score (nSPS) is 13.0. The minimum Gasteiger partial charge on any atom is -0.463 e. The molecule has 0 aliphatic heterocycles. The van der Waals surface area contributed by atoms with E-state index in [-0.39, 0.29) is 18.0 Å². The van der Waals surface area contributed by atoms with Gasteiger partial charge in [-0.3, -0.25) is 4.79 Å². The molecular formula is C28H42N2O2. The molecule has 0 aliphatic carbocycles. The highest BCUT2D eigenvalue weighted by Gasteiger charge is 2.15. The summed E-state index contributed by atoms with van der Waals surface area (Å²) in [6.07, 6.45) is 16.1. The summed E-state index contributed by atoms with van der Waals surface area (Å²) < 4.78 is 5.61. The number of carbonyl (C=O) groups is 1. The average Bonchev–Trinajstić information content (AvgIpc) is 2.80. The second-order valence-electron chi connectivity index (χ2n) is 9.10. The summed E-state index contributed by atoms with van der Waals surface area (Å²) in [5.41, 5.74) is 3.34. The van der Waals surface area contributed by atoms with Crippen LogP contribution in [0.25, 0.3) is 11.4 Å². The Hall–Kier alpha value is -2.23. The molecule has 4 nitrogen and oxygen atoms in total. The lowest BCUT2D eigenvalue weighted by atomic mass is 9.96. The van der Waals surface area contributed by atoms with Crippen LogP contribution in [0.4, 0.5) is 0 Å². The molecule has 2 unspecified atom stereocenters. The molecule has 4 heteroatoms. The summed E-state index contributed by atoms with van der Waals surface area (Å²) >= 11 is 0. The number of nitrogens with zero attached hydrogens (tertiary/aromatic N) is 2. The first kappa shape index (κ1) is 26.0. The predicted molar refractivity (Wildman–Crippen MR) is 133 cm³/mol. The molecular weight excluding hydrogens is 396 g/mol. The molecule has 1 heterocycles.